The van der Waals surface area contributed by atoms with Crippen molar-refractivity contribution < 1.29 is 4.39 Å². The van der Waals surface area contributed by atoms with E-state index in [0.29, 0.717) is 21.4 Å². The molecule has 1 aromatic carbocycles. The van der Waals surface area contributed by atoms with E-state index in [4.69, 9.17) is 17.3 Å². The van der Waals surface area contributed by atoms with E-state index in [0.717, 1.165) is 32.2 Å². The Bertz CT molecular complexity index is 404. The van der Waals surface area contributed by atoms with Gasteiger partial charge in [0.2, 0.25) is 0 Å². The molecule has 3 aliphatic rings. The molecule has 4 rings (SSSR count). The maximum Gasteiger partial charge on any atom is 0.127 e. The van der Waals surface area contributed by atoms with Crippen molar-refractivity contribution >= 4 is 11.6 Å². The maximum atomic E-state index is 13.6. The highest BCUT2D eigenvalue weighted by molar-refractivity contribution is 6.31. The van der Waals surface area contributed by atoms with Crippen molar-refractivity contribution in [2.24, 2.45) is 16.6 Å². The van der Waals surface area contributed by atoms with Crippen LogP contribution in [0.2, 0.25) is 5.02 Å². The van der Waals surface area contributed by atoms with Gasteiger partial charge in [-0.15, -0.1) is 0 Å². The van der Waals surface area contributed by atoms with E-state index in [1.807, 2.05) is 0 Å². The SMILES string of the molecule is NCC12CC(Cc3c(F)cccc3Cl)(C1)C2. The van der Waals surface area contributed by atoms with Crippen LogP contribution in [0.3, 0.4) is 0 Å². The molecule has 2 bridgehead atoms. The molecule has 0 spiro atoms. The van der Waals surface area contributed by atoms with Crippen LogP contribution in [0.1, 0.15) is 24.8 Å². The van der Waals surface area contributed by atoms with E-state index in [9.17, 15) is 4.39 Å². The lowest BCUT2D eigenvalue weighted by Crippen LogP contribution is -2.65. The average molecular weight is 240 g/mol. The lowest BCUT2D eigenvalue weighted by atomic mass is 9.34. The van der Waals surface area contributed by atoms with Crippen molar-refractivity contribution in [1.29, 1.82) is 0 Å². The Morgan fingerprint density at radius 1 is 1.25 bits per heavy atom. The summed E-state index contributed by atoms with van der Waals surface area (Å²) < 4.78 is 13.6. The van der Waals surface area contributed by atoms with Crippen LogP contribution in [0.5, 0.6) is 0 Å². The van der Waals surface area contributed by atoms with Crippen LogP contribution in [0, 0.1) is 16.6 Å². The molecule has 0 heterocycles. The predicted molar refractivity (Wildman–Crippen MR) is 62.9 cm³/mol. The zero-order chi connectivity index (χ0) is 11.4. The molecule has 1 aromatic rings. The number of benzene rings is 1. The molecular weight excluding hydrogens is 225 g/mol. The first-order valence-corrected chi connectivity index (χ1v) is 6.09. The number of hydrogen-bond acceptors (Lipinski definition) is 1. The zero-order valence-corrected chi connectivity index (χ0v) is 9.86. The molecule has 0 radical (unpaired) electrons. The third kappa shape index (κ3) is 1.33. The number of hydrogen-bond donors (Lipinski definition) is 1. The number of halogens is 2. The lowest BCUT2D eigenvalue weighted by molar-refractivity contribution is -0.195. The van der Waals surface area contributed by atoms with Gasteiger partial charge in [-0.25, -0.2) is 4.39 Å². The summed E-state index contributed by atoms with van der Waals surface area (Å²) in [5.41, 5.74) is 7.12. The van der Waals surface area contributed by atoms with E-state index in [-0.39, 0.29) is 5.82 Å². The van der Waals surface area contributed by atoms with Gasteiger partial charge < -0.3 is 5.73 Å². The van der Waals surface area contributed by atoms with Crippen LogP contribution >= 0.6 is 11.6 Å². The molecule has 3 aliphatic carbocycles. The zero-order valence-electron chi connectivity index (χ0n) is 9.10. The molecule has 86 valence electrons. The Hall–Kier alpha value is -0.600. The van der Waals surface area contributed by atoms with Crippen molar-refractivity contribution in [2.75, 3.05) is 6.54 Å². The van der Waals surface area contributed by atoms with Crippen molar-refractivity contribution in [3.8, 4) is 0 Å². The van der Waals surface area contributed by atoms with Crippen LogP contribution in [-0.2, 0) is 6.42 Å². The summed E-state index contributed by atoms with van der Waals surface area (Å²) in [6.07, 6.45) is 4.24. The van der Waals surface area contributed by atoms with E-state index in [1.165, 1.54) is 6.07 Å². The summed E-state index contributed by atoms with van der Waals surface area (Å²) in [5.74, 6) is -0.168. The van der Waals surface area contributed by atoms with Gasteiger partial charge in [-0.3, -0.25) is 0 Å². The summed E-state index contributed by atoms with van der Waals surface area (Å²) in [4.78, 5) is 0. The molecule has 0 saturated heterocycles. The minimum atomic E-state index is -0.168. The lowest BCUT2D eigenvalue weighted by Gasteiger charge is -2.71. The molecule has 16 heavy (non-hydrogen) atoms. The van der Waals surface area contributed by atoms with Gasteiger partial charge >= 0.3 is 0 Å². The second-order valence-electron chi connectivity index (χ2n) is 5.61. The largest absolute Gasteiger partial charge is 0.330 e. The second kappa shape index (κ2) is 3.21. The number of nitrogens with two attached hydrogens (primary N) is 1. The van der Waals surface area contributed by atoms with Crippen molar-refractivity contribution in [3.05, 3.63) is 34.6 Å². The summed E-state index contributed by atoms with van der Waals surface area (Å²) in [6.45, 7) is 0.778. The van der Waals surface area contributed by atoms with Gasteiger partial charge in [0, 0.05) is 10.6 Å². The molecule has 3 saturated carbocycles. The van der Waals surface area contributed by atoms with Gasteiger partial charge in [0.1, 0.15) is 5.82 Å². The Labute approximate surface area is 99.8 Å². The molecule has 1 nitrogen and oxygen atoms in total. The van der Waals surface area contributed by atoms with Gasteiger partial charge in [-0.05, 0) is 55.2 Å². The van der Waals surface area contributed by atoms with E-state index >= 15 is 0 Å². The maximum absolute atomic E-state index is 13.6. The van der Waals surface area contributed by atoms with Gasteiger partial charge in [0.25, 0.3) is 0 Å². The van der Waals surface area contributed by atoms with E-state index in [2.05, 4.69) is 0 Å². The summed E-state index contributed by atoms with van der Waals surface area (Å²) in [6, 6.07) is 4.92. The van der Waals surface area contributed by atoms with Crippen LogP contribution in [0.4, 0.5) is 4.39 Å². The minimum absolute atomic E-state index is 0.168. The van der Waals surface area contributed by atoms with Crippen LogP contribution in [0.25, 0.3) is 0 Å². The topological polar surface area (TPSA) is 26.0 Å². The Balaban J connectivity index is 1.78. The quantitative estimate of drug-likeness (QED) is 0.862. The highest BCUT2D eigenvalue weighted by Gasteiger charge is 2.66. The molecule has 0 aliphatic heterocycles. The fraction of sp³-hybridized carbons (Fsp3) is 0.538. The first-order chi connectivity index (χ1) is 7.58. The first kappa shape index (κ1) is 10.5. The standard InChI is InChI=1S/C13H15ClFN/c14-10-2-1-3-11(15)9(10)4-12-5-13(6-12,7-12)8-16/h1-3H,4-8,16H2. The second-order valence-corrected chi connectivity index (χ2v) is 6.02. The minimum Gasteiger partial charge on any atom is -0.330 e. The summed E-state index contributed by atoms with van der Waals surface area (Å²) in [5, 5.41) is 0.562. The molecule has 3 fully saturated rings. The fourth-order valence-corrected chi connectivity index (χ4v) is 3.94. The fourth-order valence-electron chi connectivity index (χ4n) is 3.71. The monoisotopic (exact) mass is 239 g/mol. The summed E-state index contributed by atoms with van der Waals surface area (Å²) >= 11 is 6.04. The molecule has 0 amide bonds. The predicted octanol–water partition coefficient (Wildman–Crippen LogP) is 3.15. The highest BCUT2D eigenvalue weighted by atomic mass is 35.5. The van der Waals surface area contributed by atoms with Crippen LogP contribution in [0.15, 0.2) is 18.2 Å². The van der Waals surface area contributed by atoms with Crippen molar-refractivity contribution in [2.45, 2.75) is 25.7 Å². The summed E-state index contributed by atoms with van der Waals surface area (Å²) in [7, 11) is 0. The molecule has 2 N–H and O–H groups in total. The number of rotatable bonds is 3. The first-order valence-electron chi connectivity index (χ1n) is 5.71. The Kier molecular flexibility index (Phi) is 2.11. The molecule has 0 unspecified atom stereocenters. The average Bonchev–Trinajstić information content (AvgIpc) is 2.13. The third-order valence-corrected chi connectivity index (χ3v) is 4.65. The van der Waals surface area contributed by atoms with Gasteiger partial charge in [-0.2, -0.15) is 0 Å². The molecule has 3 heteroatoms. The molecule has 0 aromatic heterocycles. The van der Waals surface area contributed by atoms with Crippen molar-refractivity contribution in [1.82, 2.24) is 0 Å². The van der Waals surface area contributed by atoms with Gasteiger partial charge in [0.05, 0.1) is 0 Å². The Morgan fingerprint density at radius 2 is 1.94 bits per heavy atom. The normalized spacial score (nSPS) is 35.4. The van der Waals surface area contributed by atoms with Crippen LogP contribution in [-0.4, -0.2) is 6.54 Å². The molecular formula is C13H15ClFN. The smallest absolute Gasteiger partial charge is 0.127 e. The van der Waals surface area contributed by atoms with Gasteiger partial charge in [-0.1, -0.05) is 17.7 Å². The van der Waals surface area contributed by atoms with Gasteiger partial charge in [0.15, 0.2) is 0 Å². The Morgan fingerprint density at radius 3 is 2.50 bits per heavy atom. The molecule has 0 atom stereocenters. The van der Waals surface area contributed by atoms with E-state index in [1.54, 1.807) is 12.1 Å². The van der Waals surface area contributed by atoms with Crippen molar-refractivity contribution in [3.63, 3.8) is 0 Å². The highest BCUT2D eigenvalue weighted by Crippen LogP contribution is 2.74. The third-order valence-electron chi connectivity index (χ3n) is 4.30. The van der Waals surface area contributed by atoms with Crippen LogP contribution < -0.4 is 5.73 Å². The van der Waals surface area contributed by atoms with E-state index < -0.39 is 0 Å².